The maximum atomic E-state index is 11.1. The van der Waals surface area contributed by atoms with E-state index in [1.54, 1.807) is 18.6 Å². The molecule has 0 spiro atoms. The van der Waals surface area contributed by atoms with Crippen LogP contribution in [0.4, 0.5) is 0 Å². The number of aromatic nitrogens is 3. The summed E-state index contributed by atoms with van der Waals surface area (Å²) in [6.07, 6.45) is 4.82. The molecule has 0 radical (unpaired) electrons. The zero-order chi connectivity index (χ0) is 12.5. The summed E-state index contributed by atoms with van der Waals surface area (Å²) in [6.45, 7) is 0. The van der Waals surface area contributed by atoms with E-state index in [0.29, 0.717) is 5.56 Å². The Bertz CT molecular complexity index is 732. The predicted molar refractivity (Wildman–Crippen MR) is 67.4 cm³/mol. The Morgan fingerprint density at radius 1 is 1.22 bits per heavy atom. The second-order valence-corrected chi connectivity index (χ2v) is 3.90. The fourth-order valence-corrected chi connectivity index (χ4v) is 1.86. The van der Waals surface area contributed by atoms with E-state index < -0.39 is 5.91 Å². The van der Waals surface area contributed by atoms with Crippen LogP contribution in [0.2, 0.25) is 0 Å². The van der Waals surface area contributed by atoms with Crippen LogP contribution in [0, 0.1) is 0 Å². The Balaban J connectivity index is 2.20. The quantitative estimate of drug-likeness (QED) is 0.735. The highest BCUT2D eigenvalue weighted by Gasteiger charge is 2.07. The van der Waals surface area contributed by atoms with Gasteiger partial charge in [-0.25, -0.2) is 4.98 Å². The minimum atomic E-state index is -0.492. The number of carbonyl (C=O) groups is 1. The SMILES string of the molecule is NC(=O)c1cncc(-n2cnc3ccccc32)c1. The third kappa shape index (κ3) is 1.62. The fourth-order valence-electron chi connectivity index (χ4n) is 1.86. The topological polar surface area (TPSA) is 73.8 Å². The first-order chi connectivity index (χ1) is 8.75. The van der Waals surface area contributed by atoms with Gasteiger partial charge in [-0.3, -0.25) is 14.3 Å². The van der Waals surface area contributed by atoms with Gasteiger partial charge < -0.3 is 5.73 Å². The fraction of sp³-hybridized carbons (Fsp3) is 0. The van der Waals surface area contributed by atoms with Crippen LogP contribution in [-0.4, -0.2) is 20.4 Å². The van der Waals surface area contributed by atoms with Crippen LogP contribution in [0.3, 0.4) is 0 Å². The van der Waals surface area contributed by atoms with Crippen molar-refractivity contribution < 1.29 is 4.79 Å². The molecule has 0 atom stereocenters. The van der Waals surface area contributed by atoms with E-state index >= 15 is 0 Å². The third-order valence-electron chi connectivity index (χ3n) is 2.74. The van der Waals surface area contributed by atoms with Gasteiger partial charge in [0.1, 0.15) is 6.33 Å². The first-order valence-corrected chi connectivity index (χ1v) is 5.43. The summed E-state index contributed by atoms with van der Waals surface area (Å²) < 4.78 is 1.87. The molecule has 0 saturated carbocycles. The monoisotopic (exact) mass is 238 g/mol. The average Bonchev–Trinajstić information content (AvgIpc) is 2.82. The van der Waals surface area contributed by atoms with Gasteiger partial charge in [-0.2, -0.15) is 0 Å². The van der Waals surface area contributed by atoms with E-state index in [4.69, 9.17) is 5.73 Å². The molecule has 3 rings (SSSR count). The highest BCUT2D eigenvalue weighted by atomic mass is 16.1. The molecule has 2 aromatic heterocycles. The van der Waals surface area contributed by atoms with Crippen LogP contribution < -0.4 is 5.73 Å². The van der Waals surface area contributed by atoms with Gasteiger partial charge in [0.2, 0.25) is 5.91 Å². The summed E-state index contributed by atoms with van der Waals surface area (Å²) >= 11 is 0. The Hall–Kier alpha value is -2.69. The standard InChI is InChI=1S/C13H10N4O/c14-13(18)9-5-10(7-15-6-9)17-8-16-11-3-1-2-4-12(11)17/h1-8H,(H2,14,18). The van der Waals surface area contributed by atoms with Crippen LogP contribution >= 0.6 is 0 Å². The van der Waals surface area contributed by atoms with Gasteiger partial charge in [0.25, 0.3) is 0 Å². The largest absolute Gasteiger partial charge is 0.366 e. The maximum absolute atomic E-state index is 11.1. The lowest BCUT2D eigenvalue weighted by atomic mass is 10.2. The molecule has 5 heteroatoms. The van der Waals surface area contributed by atoms with Crippen molar-refractivity contribution in [3.8, 4) is 5.69 Å². The molecule has 0 aliphatic heterocycles. The number of benzene rings is 1. The number of fused-ring (bicyclic) bond motifs is 1. The molecule has 0 unspecified atom stereocenters. The normalized spacial score (nSPS) is 10.7. The van der Waals surface area contributed by atoms with Crippen molar-refractivity contribution in [3.05, 3.63) is 54.6 Å². The smallest absolute Gasteiger partial charge is 0.250 e. The van der Waals surface area contributed by atoms with Crippen LogP contribution in [0.25, 0.3) is 16.7 Å². The average molecular weight is 238 g/mol. The molecule has 0 fully saturated rings. The van der Waals surface area contributed by atoms with Crippen LogP contribution in [0.15, 0.2) is 49.1 Å². The maximum Gasteiger partial charge on any atom is 0.250 e. The number of hydrogen-bond acceptors (Lipinski definition) is 3. The van der Waals surface area contributed by atoms with Gasteiger partial charge in [0.15, 0.2) is 0 Å². The molecule has 1 amide bonds. The van der Waals surface area contributed by atoms with Crippen molar-refractivity contribution in [1.29, 1.82) is 0 Å². The molecule has 0 saturated heterocycles. The predicted octanol–water partition coefficient (Wildman–Crippen LogP) is 1.52. The lowest BCUT2D eigenvalue weighted by Crippen LogP contribution is -2.11. The van der Waals surface area contributed by atoms with Crippen molar-refractivity contribution in [2.75, 3.05) is 0 Å². The highest BCUT2D eigenvalue weighted by Crippen LogP contribution is 2.17. The van der Waals surface area contributed by atoms with Crippen molar-refractivity contribution in [1.82, 2.24) is 14.5 Å². The number of hydrogen-bond donors (Lipinski definition) is 1. The van der Waals surface area contributed by atoms with Crippen molar-refractivity contribution in [2.24, 2.45) is 5.73 Å². The third-order valence-corrected chi connectivity index (χ3v) is 2.74. The second kappa shape index (κ2) is 3.96. The molecule has 0 bridgehead atoms. The second-order valence-electron chi connectivity index (χ2n) is 3.90. The number of rotatable bonds is 2. The van der Waals surface area contributed by atoms with Crippen LogP contribution in [-0.2, 0) is 0 Å². The highest BCUT2D eigenvalue weighted by molar-refractivity contribution is 5.93. The summed E-state index contributed by atoms with van der Waals surface area (Å²) in [5.41, 5.74) is 8.24. The number of carbonyl (C=O) groups excluding carboxylic acids is 1. The van der Waals surface area contributed by atoms with E-state index in [-0.39, 0.29) is 0 Å². The number of pyridine rings is 1. The molecule has 1 aromatic carbocycles. The van der Waals surface area contributed by atoms with Gasteiger partial charge in [-0.15, -0.1) is 0 Å². The first kappa shape index (κ1) is 10.5. The van der Waals surface area contributed by atoms with E-state index in [1.165, 1.54) is 6.20 Å². The molecule has 0 aliphatic rings. The van der Waals surface area contributed by atoms with E-state index in [9.17, 15) is 4.79 Å². The molecule has 5 nitrogen and oxygen atoms in total. The number of nitrogens with zero attached hydrogens (tertiary/aromatic N) is 3. The van der Waals surface area contributed by atoms with Gasteiger partial charge in [0, 0.05) is 6.20 Å². The van der Waals surface area contributed by atoms with Gasteiger partial charge in [-0.1, -0.05) is 12.1 Å². The Morgan fingerprint density at radius 2 is 2.06 bits per heavy atom. The first-order valence-electron chi connectivity index (χ1n) is 5.43. The van der Waals surface area contributed by atoms with Gasteiger partial charge >= 0.3 is 0 Å². The Kier molecular flexibility index (Phi) is 2.30. The molecule has 2 N–H and O–H groups in total. The molecule has 2 heterocycles. The Labute approximate surface area is 103 Å². The number of amides is 1. The summed E-state index contributed by atoms with van der Waals surface area (Å²) in [5, 5.41) is 0. The van der Waals surface area contributed by atoms with Crippen molar-refractivity contribution in [3.63, 3.8) is 0 Å². The lowest BCUT2D eigenvalue weighted by molar-refractivity contribution is 0.1000. The summed E-state index contributed by atoms with van der Waals surface area (Å²) in [4.78, 5) is 19.5. The van der Waals surface area contributed by atoms with Gasteiger partial charge in [-0.05, 0) is 18.2 Å². The van der Waals surface area contributed by atoms with Crippen molar-refractivity contribution in [2.45, 2.75) is 0 Å². The lowest BCUT2D eigenvalue weighted by Gasteiger charge is -2.04. The molecular weight excluding hydrogens is 228 g/mol. The molecule has 88 valence electrons. The minimum absolute atomic E-state index is 0.380. The molecule has 3 aromatic rings. The molecule has 18 heavy (non-hydrogen) atoms. The van der Waals surface area contributed by atoms with E-state index in [2.05, 4.69) is 9.97 Å². The molecule has 0 aliphatic carbocycles. The summed E-state index contributed by atoms with van der Waals surface area (Å²) in [7, 11) is 0. The van der Waals surface area contributed by atoms with Crippen LogP contribution in [0.1, 0.15) is 10.4 Å². The van der Waals surface area contributed by atoms with Crippen LogP contribution in [0.5, 0.6) is 0 Å². The Morgan fingerprint density at radius 3 is 2.89 bits per heavy atom. The number of nitrogens with two attached hydrogens (primary N) is 1. The van der Waals surface area contributed by atoms with E-state index in [1.807, 2.05) is 28.8 Å². The number of primary amides is 1. The number of para-hydroxylation sites is 2. The minimum Gasteiger partial charge on any atom is -0.366 e. The zero-order valence-electron chi connectivity index (χ0n) is 9.45. The molecular formula is C13H10N4O. The van der Waals surface area contributed by atoms with E-state index in [0.717, 1.165) is 16.7 Å². The summed E-state index contributed by atoms with van der Waals surface area (Å²) in [5.74, 6) is -0.492. The number of imidazole rings is 1. The van der Waals surface area contributed by atoms with Crippen molar-refractivity contribution >= 4 is 16.9 Å². The van der Waals surface area contributed by atoms with Gasteiger partial charge in [0.05, 0.1) is 28.5 Å². The zero-order valence-corrected chi connectivity index (χ0v) is 9.45. The summed E-state index contributed by atoms with van der Waals surface area (Å²) in [6, 6.07) is 9.45.